The van der Waals surface area contributed by atoms with E-state index in [1.54, 1.807) is 6.07 Å². The van der Waals surface area contributed by atoms with Crippen molar-refractivity contribution in [3.63, 3.8) is 0 Å². The molecule has 0 aromatic heterocycles. The van der Waals surface area contributed by atoms with Crippen LogP contribution >= 0.6 is 11.6 Å². The Morgan fingerprint density at radius 3 is 2.88 bits per heavy atom. The lowest BCUT2D eigenvalue weighted by atomic mass is 10.3. The minimum absolute atomic E-state index is 0.00349. The summed E-state index contributed by atoms with van der Waals surface area (Å²) in [4.78, 5) is 11.4. The highest BCUT2D eigenvalue weighted by Crippen LogP contribution is 2.25. The monoisotopic (exact) mass is 242 g/mol. The molecule has 1 amide bonds. The van der Waals surface area contributed by atoms with Gasteiger partial charge in [-0.05, 0) is 31.2 Å². The number of benzene rings is 1. The van der Waals surface area contributed by atoms with Crippen molar-refractivity contribution in [1.29, 1.82) is 0 Å². The van der Waals surface area contributed by atoms with Crippen LogP contribution in [-0.4, -0.2) is 24.1 Å². The lowest BCUT2D eigenvalue weighted by Crippen LogP contribution is -2.28. The molecule has 88 valence electrons. The number of nitrogens with one attached hydrogen (secondary N) is 2. The number of hydrogen-bond donors (Lipinski definition) is 3. The maximum absolute atomic E-state index is 11.4. The zero-order valence-electron chi connectivity index (χ0n) is 9.09. The number of phenolic OH excluding ortho intramolecular Hbond substituents is 1. The quantitative estimate of drug-likeness (QED) is 0.547. The van der Waals surface area contributed by atoms with Crippen LogP contribution in [0.25, 0.3) is 0 Å². The molecule has 1 rings (SSSR count). The number of aromatic hydroxyl groups is 1. The molecule has 0 spiro atoms. The van der Waals surface area contributed by atoms with Crippen LogP contribution in [0.4, 0.5) is 5.69 Å². The van der Waals surface area contributed by atoms with Gasteiger partial charge in [0, 0.05) is 5.69 Å². The van der Waals surface area contributed by atoms with Gasteiger partial charge in [-0.25, -0.2) is 0 Å². The number of phenols is 1. The molecule has 0 saturated carbocycles. The normalized spacial score (nSPS) is 10.1. The number of hydrogen-bond acceptors (Lipinski definition) is 3. The van der Waals surface area contributed by atoms with Crippen molar-refractivity contribution in [1.82, 2.24) is 5.32 Å². The van der Waals surface area contributed by atoms with Crippen LogP contribution in [0.15, 0.2) is 18.2 Å². The second-order valence-corrected chi connectivity index (χ2v) is 3.80. The number of halogens is 1. The summed E-state index contributed by atoms with van der Waals surface area (Å²) in [5, 5.41) is 15.1. The smallest absolute Gasteiger partial charge is 0.238 e. The topological polar surface area (TPSA) is 61.4 Å². The summed E-state index contributed by atoms with van der Waals surface area (Å²) in [6.07, 6.45) is 0.984. The van der Waals surface area contributed by atoms with E-state index in [0.717, 1.165) is 13.0 Å². The zero-order chi connectivity index (χ0) is 12.0. The predicted octanol–water partition coefficient (Wildman–Crippen LogP) is 1.98. The summed E-state index contributed by atoms with van der Waals surface area (Å²) < 4.78 is 0. The van der Waals surface area contributed by atoms with Crippen LogP contribution in [0.1, 0.15) is 13.3 Å². The molecule has 0 atom stereocenters. The molecule has 0 aliphatic heterocycles. The van der Waals surface area contributed by atoms with E-state index in [1.807, 2.05) is 6.92 Å². The standard InChI is InChI=1S/C11H15ClN2O2/c1-2-5-13-7-11(16)14-8-3-4-10(15)9(12)6-8/h3-4,6,13,15H,2,5,7H2,1H3,(H,14,16). The van der Waals surface area contributed by atoms with Crippen LogP contribution < -0.4 is 10.6 Å². The minimum Gasteiger partial charge on any atom is -0.506 e. The Hall–Kier alpha value is -1.26. The highest BCUT2D eigenvalue weighted by Gasteiger charge is 2.03. The van der Waals surface area contributed by atoms with E-state index in [2.05, 4.69) is 10.6 Å². The van der Waals surface area contributed by atoms with E-state index >= 15 is 0 Å². The predicted molar refractivity (Wildman–Crippen MR) is 64.9 cm³/mol. The summed E-state index contributed by atoms with van der Waals surface area (Å²) >= 11 is 5.71. The summed E-state index contributed by atoms with van der Waals surface area (Å²) in [6, 6.07) is 4.55. The number of carbonyl (C=O) groups excluding carboxylic acids is 1. The first-order valence-electron chi connectivity index (χ1n) is 5.12. The molecule has 0 unspecified atom stereocenters. The fourth-order valence-electron chi connectivity index (χ4n) is 1.17. The van der Waals surface area contributed by atoms with E-state index < -0.39 is 0 Å². The van der Waals surface area contributed by atoms with Gasteiger partial charge in [0.25, 0.3) is 0 Å². The largest absolute Gasteiger partial charge is 0.506 e. The van der Waals surface area contributed by atoms with Gasteiger partial charge in [-0.15, -0.1) is 0 Å². The molecule has 0 heterocycles. The van der Waals surface area contributed by atoms with E-state index in [4.69, 9.17) is 11.6 Å². The lowest BCUT2D eigenvalue weighted by Gasteiger charge is -2.06. The average Bonchev–Trinajstić information content (AvgIpc) is 2.24. The maximum Gasteiger partial charge on any atom is 0.238 e. The second-order valence-electron chi connectivity index (χ2n) is 3.39. The first-order valence-corrected chi connectivity index (χ1v) is 5.50. The van der Waals surface area contributed by atoms with Gasteiger partial charge < -0.3 is 15.7 Å². The Bertz CT molecular complexity index is 369. The molecular weight excluding hydrogens is 228 g/mol. The van der Waals surface area contributed by atoms with Crippen LogP contribution in [-0.2, 0) is 4.79 Å². The number of rotatable bonds is 5. The van der Waals surface area contributed by atoms with Gasteiger partial charge in [-0.1, -0.05) is 18.5 Å². The van der Waals surface area contributed by atoms with Crippen molar-refractivity contribution >= 4 is 23.2 Å². The van der Waals surface area contributed by atoms with Crippen LogP contribution in [0.5, 0.6) is 5.75 Å². The molecular formula is C11H15ClN2O2. The first-order chi connectivity index (χ1) is 7.63. The molecule has 0 saturated heterocycles. The summed E-state index contributed by atoms with van der Waals surface area (Å²) in [6.45, 7) is 3.11. The zero-order valence-corrected chi connectivity index (χ0v) is 9.84. The van der Waals surface area contributed by atoms with Crippen molar-refractivity contribution < 1.29 is 9.90 Å². The van der Waals surface area contributed by atoms with Gasteiger partial charge in [-0.3, -0.25) is 4.79 Å². The molecule has 3 N–H and O–H groups in total. The fourth-order valence-corrected chi connectivity index (χ4v) is 1.35. The number of amides is 1. The molecule has 5 heteroatoms. The average molecular weight is 243 g/mol. The maximum atomic E-state index is 11.4. The molecule has 1 aromatic carbocycles. The molecule has 0 bridgehead atoms. The van der Waals surface area contributed by atoms with Crippen molar-refractivity contribution in [3.05, 3.63) is 23.2 Å². The molecule has 0 aliphatic carbocycles. The number of anilines is 1. The van der Waals surface area contributed by atoms with Crippen LogP contribution in [0, 0.1) is 0 Å². The highest BCUT2D eigenvalue weighted by atomic mass is 35.5. The third kappa shape index (κ3) is 4.08. The van der Waals surface area contributed by atoms with Gasteiger partial charge in [0.05, 0.1) is 11.6 Å². The highest BCUT2D eigenvalue weighted by molar-refractivity contribution is 6.32. The van der Waals surface area contributed by atoms with Gasteiger partial charge in [0.2, 0.25) is 5.91 Å². The third-order valence-corrected chi connectivity index (χ3v) is 2.25. The Kier molecular flexibility index (Phi) is 5.08. The van der Waals surface area contributed by atoms with Crippen molar-refractivity contribution in [2.45, 2.75) is 13.3 Å². The second kappa shape index (κ2) is 6.35. The summed E-state index contributed by atoms with van der Waals surface area (Å²) in [5.74, 6) is -0.126. The van der Waals surface area contributed by atoms with E-state index in [-0.39, 0.29) is 23.2 Å². The Morgan fingerprint density at radius 1 is 1.50 bits per heavy atom. The molecule has 16 heavy (non-hydrogen) atoms. The van der Waals surface area contributed by atoms with Gasteiger partial charge in [0.1, 0.15) is 5.75 Å². The molecule has 1 aromatic rings. The van der Waals surface area contributed by atoms with Crippen molar-refractivity contribution in [2.75, 3.05) is 18.4 Å². The number of carbonyl (C=O) groups is 1. The lowest BCUT2D eigenvalue weighted by molar-refractivity contribution is -0.115. The SMILES string of the molecule is CCCNCC(=O)Nc1ccc(O)c(Cl)c1. The van der Waals surface area contributed by atoms with Crippen LogP contribution in [0.3, 0.4) is 0 Å². The van der Waals surface area contributed by atoms with Crippen molar-refractivity contribution in [3.8, 4) is 5.75 Å². The van der Waals surface area contributed by atoms with Gasteiger partial charge in [-0.2, -0.15) is 0 Å². The summed E-state index contributed by atoms with van der Waals surface area (Å²) in [5.41, 5.74) is 0.575. The third-order valence-electron chi connectivity index (χ3n) is 1.94. The Morgan fingerprint density at radius 2 is 2.25 bits per heavy atom. The van der Waals surface area contributed by atoms with Crippen LogP contribution in [0.2, 0.25) is 5.02 Å². The van der Waals surface area contributed by atoms with E-state index in [0.29, 0.717) is 5.69 Å². The molecule has 0 aliphatic rings. The van der Waals surface area contributed by atoms with Gasteiger partial charge in [0.15, 0.2) is 0 Å². The molecule has 0 fully saturated rings. The van der Waals surface area contributed by atoms with E-state index in [1.165, 1.54) is 12.1 Å². The molecule has 4 nitrogen and oxygen atoms in total. The summed E-state index contributed by atoms with van der Waals surface area (Å²) in [7, 11) is 0. The fraction of sp³-hybridized carbons (Fsp3) is 0.364. The Balaban J connectivity index is 2.46. The molecule has 0 radical (unpaired) electrons. The van der Waals surface area contributed by atoms with Gasteiger partial charge >= 0.3 is 0 Å². The minimum atomic E-state index is -0.129. The first kappa shape index (κ1) is 12.8. The van der Waals surface area contributed by atoms with E-state index in [9.17, 15) is 9.90 Å². The Labute approximate surface area is 99.6 Å². The van der Waals surface area contributed by atoms with Crippen molar-refractivity contribution in [2.24, 2.45) is 0 Å².